The third-order valence-corrected chi connectivity index (χ3v) is 2.90. The fourth-order valence-corrected chi connectivity index (χ4v) is 2.09. The number of nitrogens with zero attached hydrogens (tertiary/aromatic N) is 4. The molecule has 7 nitrogen and oxygen atoms in total. The maximum absolute atomic E-state index is 11.1. The second kappa shape index (κ2) is 4.98. The molecule has 0 spiro atoms. The zero-order valence-corrected chi connectivity index (χ0v) is 9.61. The van der Waals surface area contributed by atoms with Gasteiger partial charge < -0.3 is 10.0 Å². The van der Waals surface area contributed by atoms with E-state index < -0.39 is 11.0 Å². The van der Waals surface area contributed by atoms with Crippen LogP contribution < -0.4 is 4.90 Å². The normalized spacial score (nSPS) is 19.3. The first-order valence-corrected chi connectivity index (χ1v) is 5.60. The predicted octanol–water partition coefficient (Wildman–Crippen LogP) is 0.823. The van der Waals surface area contributed by atoms with Gasteiger partial charge in [0.1, 0.15) is 11.6 Å². The molecule has 0 unspecified atom stereocenters. The van der Waals surface area contributed by atoms with E-state index in [1.165, 1.54) is 12.3 Å². The maximum atomic E-state index is 11.1. The molecule has 1 aromatic heterocycles. The van der Waals surface area contributed by atoms with Gasteiger partial charge in [0, 0.05) is 19.3 Å². The van der Waals surface area contributed by atoms with E-state index in [0.29, 0.717) is 19.5 Å². The molecule has 0 aromatic carbocycles. The first-order chi connectivity index (χ1) is 8.63. The lowest BCUT2D eigenvalue weighted by atomic mass is 10.1. The van der Waals surface area contributed by atoms with E-state index in [1.54, 1.807) is 11.0 Å². The number of nitro groups is 1. The van der Waals surface area contributed by atoms with Crippen LogP contribution in [0.2, 0.25) is 0 Å². The summed E-state index contributed by atoms with van der Waals surface area (Å²) in [5, 5.41) is 29.5. The molecule has 0 bridgehead atoms. The molecule has 94 valence electrons. The molecule has 0 radical (unpaired) electrons. The Morgan fingerprint density at radius 2 is 2.44 bits per heavy atom. The smallest absolute Gasteiger partial charge is 0.329 e. The van der Waals surface area contributed by atoms with E-state index in [9.17, 15) is 15.2 Å². The minimum absolute atomic E-state index is 0.00920. The summed E-state index contributed by atoms with van der Waals surface area (Å²) in [5.41, 5.74) is -0.292. The minimum atomic E-state index is -0.595. The zero-order valence-electron chi connectivity index (χ0n) is 9.61. The number of anilines is 1. The summed E-state index contributed by atoms with van der Waals surface area (Å²) in [7, 11) is 0. The van der Waals surface area contributed by atoms with E-state index in [-0.39, 0.29) is 17.1 Å². The molecule has 1 atom stereocenters. The van der Waals surface area contributed by atoms with Gasteiger partial charge in [-0.3, -0.25) is 10.1 Å². The lowest BCUT2D eigenvalue weighted by Crippen LogP contribution is -2.39. The first-order valence-electron chi connectivity index (χ1n) is 5.60. The molecule has 1 aliphatic rings. The number of β-amino-alcohol motifs (C(OH)–C–C–N with tert-alkyl or cyclic N) is 1. The van der Waals surface area contributed by atoms with E-state index in [4.69, 9.17) is 5.26 Å². The average molecular weight is 248 g/mol. The van der Waals surface area contributed by atoms with Crippen molar-refractivity contribution < 1.29 is 10.0 Å². The number of aliphatic hydroxyl groups excluding tert-OH is 1. The van der Waals surface area contributed by atoms with Crippen molar-refractivity contribution in [1.82, 2.24) is 4.98 Å². The number of nitriles is 1. The fraction of sp³-hybridized carbons (Fsp3) is 0.455. The lowest BCUT2D eigenvalue weighted by molar-refractivity contribution is -0.384. The van der Waals surface area contributed by atoms with E-state index >= 15 is 0 Å². The van der Waals surface area contributed by atoms with Crippen LogP contribution in [0.3, 0.4) is 0 Å². The molecule has 1 aromatic rings. The standard InChI is InChI=1S/C11H12N4O3/c12-6-8-3-4-13-11(10(8)15(17)18)14-5-1-2-9(16)7-14/h3-4,9,16H,1-2,5,7H2/t9-/m0/s1. The summed E-state index contributed by atoms with van der Waals surface area (Å²) in [6.07, 6.45) is 2.30. The molecular formula is C11H12N4O3. The Bertz CT molecular complexity index is 512. The van der Waals surface area contributed by atoms with Crippen LogP contribution in [0, 0.1) is 21.4 Å². The third kappa shape index (κ3) is 2.24. The van der Waals surface area contributed by atoms with E-state index in [0.717, 1.165) is 6.42 Å². The molecule has 0 amide bonds. The van der Waals surface area contributed by atoms with Gasteiger partial charge >= 0.3 is 5.69 Å². The van der Waals surface area contributed by atoms with Crippen LogP contribution >= 0.6 is 0 Å². The van der Waals surface area contributed by atoms with Gasteiger partial charge in [-0.2, -0.15) is 5.26 Å². The number of rotatable bonds is 2. The van der Waals surface area contributed by atoms with Gasteiger partial charge in [-0.05, 0) is 18.9 Å². The Balaban J connectivity index is 2.44. The van der Waals surface area contributed by atoms with Gasteiger partial charge in [0.15, 0.2) is 0 Å². The molecule has 1 saturated heterocycles. The highest BCUT2D eigenvalue weighted by Gasteiger charge is 2.28. The van der Waals surface area contributed by atoms with Crippen LogP contribution in [0.15, 0.2) is 12.3 Å². The SMILES string of the molecule is N#Cc1ccnc(N2CCC[C@H](O)C2)c1[N+](=O)[O-]. The summed E-state index contributed by atoms with van der Waals surface area (Å²) in [6.45, 7) is 0.905. The fourth-order valence-electron chi connectivity index (χ4n) is 2.09. The second-order valence-electron chi connectivity index (χ2n) is 4.14. The third-order valence-electron chi connectivity index (χ3n) is 2.90. The molecular weight excluding hydrogens is 236 g/mol. The summed E-state index contributed by atoms with van der Waals surface area (Å²) in [5.74, 6) is 0.165. The van der Waals surface area contributed by atoms with E-state index in [1.807, 2.05) is 0 Å². The van der Waals surface area contributed by atoms with Crippen LogP contribution in [0.4, 0.5) is 11.5 Å². The van der Waals surface area contributed by atoms with Gasteiger partial charge in [-0.1, -0.05) is 0 Å². The molecule has 1 N–H and O–H groups in total. The van der Waals surface area contributed by atoms with Crippen LogP contribution in [-0.4, -0.2) is 34.2 Å². The number of hydrogen-bond acceptors (Lipinski definition) is 6. The Morgan fingerprint density at radius 3 is 3.06 bits per heavy atom. The highest BCUT2D eigenvalue weighted by Crippen LogP contribution is 2.30. The highest BCUT2D eigenvalue weighted by atomic mass is 16.6. The van der Waals surface area contributed by atoms with Crippen molar-refractivity contribution in [2.24, 2.45) is 0 Å². The molecule has 0 saturated carbocycles. The van der Waals surface area contributed by atoms with Crippen molar-refractivity contribution >= 4 is 11.5 Å². The quantitative estimate of drug-likeness (QED) is 0.614. The average Bonchev–Trinajstić information content (AvgIpc) is 2.37. The summed E-state index contributed by atoms with van der Waals surface area (Å²) < 4.78 is 0. The summed E-state index contributed by atoms with van der Waals surface area (Å²) >= 11 is 0. The number of pyridine rings is 1. The van der Waals surface area contributed by atoms with Crippen LogP contribution in [0.25, 0.3) is 0 Å². The summed E-state index contributed by atoms with van der Waals surface area (Å²) in [6, 6.07) is 3.12. The monoisotopic (exact) mass is 248 g/mol. The topological polar surface area (TPSA) is 103 Å². The predicted molar refractivity (Wildman–Crippen MR) is 63.1 cm³/mol. The number of piperidine rings is 1. The van der Waals surface area contributed by atoms with Crippen molar-refractivity contribution in [2.45, 2.75) is 18.9 Å². The molecule has 18 heavy (non-hydrogen) atoms. The van der Waals surface area contributed by atoms with Crippen molar-refractivity contribution in [3.8, 4) is 6.07 Å². The molecule has 2 heterocycles. The molecule has 1 aliphatic heterocycles. The minimum Gasteiger partial charge on any atom is -0.391 e. The number of aliphatic hydroxyl groups is 1. The highest BCUT2D eigenvalue weighted by molar-refractivity contribution is 5.65. The van der Waals surface area contributed by atoms with Crippen molar-refractivity contribution in [2.75, 3.05) is 18.0 Å². The number of aromatic nitrogens is 1. The lowest BCUT2D eigenvalue weighted by Gasteiger charge is -2.30. The van der Waals surface area contributed by atoms with Gasteiger partial charge in [0.2, 0.25) is 5.82 Å². The van der Waals surface area contributed by atoms with Gasteiger partial charge in [-0.15, -0.1) is 0 Å². The van der Waals surface area contributed by atoms with Crippen molar-refractivity contribution in [1.29, 1.82) is 5.26 Å². The van der Waals surface area contributed by atoms with Gasteiger partial charge in [0.25, 0.3) is 0 Å². The Labute approximate surface area is 103 Å². The zero-order chi connectivity index (χ0) is 13.1. The summed E-state index contributed by atoms with van der Waals surface area (Å²) in [4.78, 5) is 16.1. The molecule has 1 fully saturated rings. The maximum Gasteiger partial charge on any atom is 0.329 e. The van der Waals surface area contributed by atoms with Gasteiger partial charge in [0.05, 0.1) is 11.0 Å². The number of hydrogen-bond donors (Lipinski definition) is 1. The van der Waals surface area contributed by atoms with Crippen molar-refractivity contribution in [3.05, 3.63) is 27.9 Å². The Kier molecular flexibility index (Phi) is 3.39. The molecule has 0 aliphatic carbocycles. The van der Waals surface area contributed by atoms with E-state index in [2.05, 4.69) is 4.98 Å². The second-order valence-corrected chi connectivity index (χ2v) is 4.14. The first kappa shape index (κ1) is 12.3. The van der Waals surface area contributed by atoms with Crippen molar-refractivity contribution in [3.63, 3.8) is 0 Å². The Hall–Kier alpha value is -2.20. The van der Waals surface area contributed by atoms with Crippen LogP contribution in [0.5, 0.6) is 0 Å². The van der Waals surface area contributed by atoms with Gasteiger partial charge in [-0.25, -0.2) is 4.98 Å². The Morgan fingerprint density at radius 1 is 1.67 bits per heavy atom. The molecule has 7 heteroatoms. The molecule has 2 rings (SSSR count). The van der Waals surface area contributed by atoms with Crippen LogP contribution in [0.1, 0.15) is 18.4 Å². The largest absolute Gasteiger partial charge is 0.391 e. The van der Waals surface area contributed by atoms with Crippen LogP contribution in [-0.2, 0) is 0 Å².